The van der Waals surface area contributed by atoms with Gasteiger partial charge >= 0.3 is 0 Å². The Morgan fingerprint density at radius 1 is 1.32 bits per heavy atom. The van der Waals surface area contributed by atoms with E-state index in [4.69, 9.17) is 5.73 Å². The summed E-state index contributed by atoms with van der Waals surface area (Å²) in [6.07, 6.45) is 6.60. The number of nitrogen functional groups attached to an aromatic ring is 1. The molecule has 2 atom stereocenters. The lowest BCUT2D eigenvalue weighted by atomic mass is 9.87. The van der Waals surface area contributed by atoms with E-state index < -0.39 is 10.0 Å². The Morgan fingerprint density at radius 3 is 2.53 bits per heavy atom. The molecule has 1 fully saturated rings. The van der Waals surface area contributed by atoms with Crippen molar-refractivity contribution in [2.75, 3.05) is 12.8 Å². The van der Waals surface area contributed by atoms with Crippen molar-refractivity contribution in [2.45, 2.75) is 43.5 Å². The second-order valence-corrected chi connectivity index (χ2v) is 7.22. The molecule has 106 valence electrons. The molecule has 0 saturated heterocycles. The average Bonchev–Trinajstić information content (AvgIpc) is 2.38. The summed E-state index contributed by atoms with van der Waals surface area (Å²) in [6.45, 7) is 2.17. The summed E-state index contributed by atoms with van der Waals surface area (Å²) in [7, 11) is -1.89. The van der Waals surface area contributed by atoms with Crippen LogP contribution in [0.2, 0.25) is 0 Å². The third-order valence-corrected chi connectivity index (χ3v) is 5.61. The lowest BCUT2D eigenvalue weighted by Crippen LogP contribution is -2.39. The smallest absolute Gasteiger partial charge is 0.246 e. The Bertz CT molecular complexity index is 529. The van der Waals surface area contributed by atoms with Crippen molar-refractivity contribution in [1.82, 2.24) is 14.3 Å². The van der Waals surface area contributed by atoms with Crippen LogP contribution in [0.4, 0.5) is 5.95 Å². The number of anilines is 1. The first-order chi connectivity index (χ1) is 8.91. The van der Waals surface area contributed by atoms with Gasteiger partial charge in [-0.15, -0.1) is 0 Å². The van der Waals surface area contributed by atoms with Crippen LogP contribution in [-0.4, -0.2) is 35.8 Å². The van der Waals surface area contributed by atoms with Gasteiger partial charge in [-0.25, -0.2) is 18.4 Å². The van der Waals surface area contributed by atoms with Crippen LogP contribution < -0.4 is 5.73 Å². The van der Waals surface area contributed by atoms with E-state index in [0.717, 1.165) is 19.3 Å². The zero-order valence-electron chi connectivity index (χ0n) is 11.3. The molecule has 19 heavy (non-hydrogen) atoms. The van der Waals surface area contributed by atoms with E-state index in [1.807, 2.05) is 0 Å². The number of nitrogens with two attached hydrogens (primary N) is 1. The van der Waals surface area contributed by atoms with Gasteiger partial charge in [-0.05, 0) is 18.8 Å². The number of nitrogens with zero attached hydrogens (tertiary/aromatic N) is 3. The van der Waals surface area contributed by atoms with Gasteiger partial charge in [0.05, 0.1) is 12.4 Å². The monoisotopic (exact) mass is 284 g/mol. The minimum absolute atomic E-state index is 0.0614. The molecular formula is C12H20N4O2S. The average molecular weight is 284 g/mol. The minimum atomic E-state index is -3.53. The predicted molar refractivity (Wildman–Crippen MR) is 72.8 cm³/mol. The van der Waals surface area contributed by atoms with E-state index in [1.165, 1.54) is 23.1 Å². The zero-order valence-corrected chi connectivity index (χ0v) is 12.1. The van der Waals surface area contributed by atoms with E-state index in [9.17, 15) is 8.42 Å². The Hall–Kier alpha value is -1.21. The standard InChI is InChI=1S/C12H20N4O2S/c1-9-4-3-5-10(6-9)16(2)19(17,18)11-7-14-12(13)15-8-11/h7-10H,3-6H2,1-2H3,(H2,13,14,15). The molecule has 1 heterocycles. The first kappa shape index (κ1) is 14.2. The van der Waals surface area contributed by atoms with Gasteiger partial charge in [-0.3, -0.25) is 0 Å². The van der Waals surface area contributed by atoms with Crippen LogP contribution >= 0.6 is 0 Å². The molecule has 1 aromatic rings. The molecule has 6 nitrogen and oxygen atoms in total. The number of rotatable bonds is 3. The molecule has 2 rings (SSSR count). The van der Waals surface area contributed by atoms with Gasteiger partial charge in [0.15, 0.2) is 0 Å². The molecule has 1 aliphatic carbocycles. The number of aromatic nitrogens is 2. The van der Waals surface area contributed by atoms with Gasteiger partial charge in [0.1, 0.15) is 4.90 Å². The third-order valence-electron chi connectivity index (χ3n) is 3.75. The summed E-state index contributed by atoms with van der Waals surface area (Å²) in [5.41, 5.74) is 5.38. The van der Waals surface area contributed by atoms with Crippen molar-refractivity contribution in [3.63, 3.8) is 0 Å². The maximum atomic E-state index is 12.5. The maximum absolute atomic E-state index is 12.5. The van der Waals surface area contributed by atoms with Crippen LogP contribution in [0.15, 0.2) is 17.3 Å². The van der Waals surface area contributed by atoms with Crippen LogP contribution in [-0.2, 0) is 10.0 Å². The normalized spacial score (nSPS) is 24.6. The molecule has 0 amide bonds. The third kappa shape index (κ3) is 3.03. The molecular weight excluding hydrogens is 264 g/mol. The Morgan fingerprint density at radius 2 is 1.95 bits per heavy atom. The van der Waals surface area contributed by atoms with Crippen molar-refractivity contribution in [3.8, 4) is 0 Å². The quantitative estimate of drug-likeness (QED) is 0.902. The van der Waals surface area contributed by atoms with E-state index in [0.29, 0.717) is 5.92 Å². The van der Waals surface area contributed by atoms with E-state index >= 15 is 0 Å². The first-order valence-corrected chi connectivity index (χ1v) is 7.91. The van der Waals surface area contributed by atoms with Crippen LogP contribution in [0.1, 0.15) is 32.6 Å². The van der Waals surface area contributed by atoms with Crippen molar-refractivity contribution < 1.29 is 8.42 Å². The fraction of sp³-hybridized carbons (Fsp3) is 0.667. The molecule has 1 aliphatic rings. The highest BCUT2D eigenvalue weighted by Crippen LogP contribution is 2.29. The summed E-state index contributed by atoms with van der Waals surface area (Å²) >= 11 is 0. The highest BCUT2D eigenvalue weighted by atomic mass is 32.2. The maximum Gasteiger partial charge on any atom is 0.246 e. The Kier molecular flexibility index (Phi) is 4.05. The lowest BCUT2D eigenvalue weighted by Gasteiger charge is -2.33. The summed E-state index contributed by atoms with van der Waals surface area (Å²) in [5, 5.41) is 0. The van der Waals surface area contributed by atoms with E-state index in [-0.39, 0.29) is 16.9 Å². The minimum Gasteiger partial charge on any atom is -0.368 e. The molecule has 0 radical (unpaired) electrons. The Labute approximate surface area is 114 Å². The van der Waals surface area contributed by atoms with Crippen molar-refractivity contribution in [3.05, 3.63) is 12.4 Å². The van der Waals surface area contributed by atoms with E-state index in [1.54, 1.807) is 7.05 Å². The predicted octanol–water partition coefficient (Wildman–Crippen LogP) is 1.26. The molecule has 0 aliphatic heterocycles. The number of hydrogen-bond donors (Lipinski definition) is 1. The summed E-state index contributed by atoms with van der Waals surface area (Å²) in [6, 6.07) is 0.0614. The largest absolute Gasteiger partial charge is 0.368 e. The van der Waals surface area contributed by atoms with Gasteiger partial charge in [-0.2, -0.15) is 4.31 Å². The molecule has 0 aromatic carbocycles. The fourth-order valence-electron chi connectivity index (χ4n) is 2.55. The van der Waals surface area contributed by atoms with Crippen molar-refractivity contribution in [1.29, 1.82) is 0 Å². The van der Waals surface area contributed by atoms with Crippen LogP contribution in [0.3, 0.4) is 0 Å². The zero-order chi connectivity index (χ0) is 14.0. The van der Waals surface area contributed by atoms with Gasteiger partial charge < -0.3 is 5.73 Å². The lowest BCUT2D eigenvalue weighted by molar-refractivity contribution is 0.239. The highest BCUT2D eigenvalue weighted by Gasteiger charge is 2.31. The fourth-order valence-corrected chi connectivity index (χ4v) is 3.84. The topological polar surface area (TPSA) is 89.2 Å². The van der Waals surface area contributed by atoms with Crippen LogP contribution in [0.25, 0.3) is 0 Å². The Balaban J connectivity index is 2.21. The van der Waals surface area contributed by atoms with Gasteiger partial charge in [0, 0.05) is 13.1 Å². The second kappa shape index (κ2) is 5.42. The van der Waals surface area contributed by atoms with Crippen molar-refractivity contribution >= 4 is 16.0 Å². The van der Waals surface area contributed by atoms with Gasteiger partial charge in [-0.1, -0.05) is 19.8 Å². The van der Waals surface area contributed by atoms with E-state index in [2.05, 4.69) is 16.9 Å². The summed E-state index contributed by atoms with van der Waals surface area (Å²) in [4.78, 5) is 7.60. The van der Waals surface area contributed by atoms with Gasteiger partial charge in [0.2, 0.25) is 16.0 Å². The number of hydrogen-bond acceptors (Lipinski definition) is 5. The molecule has 1 saturated carbocycles. The molecule has 2 unspecified atom stereocenters. The molecule has 2 N–H and O–H groups in total. The van der Waals surface area contributed by atoms with Gasteiger partial charge in [0.25, 0.3) is 0 Å². The molecule has 1 aromatic heterocycles. The number of sulfonamides is 1. The van der Waals surface area contributed by atoms with Crippen molar-refractivity contribution in [2.24, 2.45) is 5.92 Å². The SMILES string of the molecule is CC1CCCC(N(C)S(=O)(=O)c2cnc(N)nc2)C1. The summed E-state index contributed by atoms with van der Waals surface area (Å²) in [5.74, 6) is 0.645. The molecule has 0 bridgehead atoms. The summed E-state index contributed by atoms with van der Waals surface area (Å²) < 4.78 is 26.4. The van der Waals surface area contributed by atoms with Crippen LogP contribution in [0.5, 0.6) is 0 Å². The second-order valence-electron chi connectivity index (χ2n) is 5.22. The molecule has 0 spiro atoms. The first-order valence-electron chi connectivity index (χ1n) is 6.47. The highest BCUT2D eigenvalue weighted by molar-refractivity contribution is 7.89. The van der Waals surface area contributed by atoms with Crippen LogP contribution in [0, 0.1) is 5.92 Å². The molecule has 7 heteroatoms.